The summed E-state index contributed by atoms with van der Waals surface area (Å²) in [5.74, 6) is -0.106. The van der Waals surface area contributed by atoms with Crippen molar-refractivity contribution in [2.45, 2.75) is 36.6 Å². The van der Waals surface area contributed by atoms with E-state index >= 15 is 0 Å². The monoisotopic (exact) mass is 378 g/mol. The van der Waals surface area contributed by atoms with Gasteiger partial charge in [-0.2, -0.15) is 0 Å². The minimum Gasteiger partial charge on any atom is -0.349 e. The zero-order valence-electron chi connectivity index (χ0n) is 15.3. The van der Waals surface area contributed by atoms with E-state index in [1.54, 1.807) is 11.9 Å². The second-order valence-corrected chi connectivity index (χ2v) is 8.11. The van der Waals surface area contributed by atoms with Gasteiger partial charge in [0, 0.05) is 23.5 Å². The summed E-state index contributed by atoms with van der Waals surface area (Å²) in [6.07, 6.45) is 6.38. The van der Waals surface area contributed by atoms with E-state index in [1.165, 1.54) is 24.6 Å². The number of fused-ring (bicyclic) bond motifs is 1. The van der Waals surface area contributed by atoms with Gasteiger partial charge in [-0.15, -0.1) is 0 Å². The molecule has 1 heterocycles. The highest BCUT2D eigenvalue weighted by molar-refractivity contribution is 8.04. The number of carbonyl (C=O) groups excluding carboxylic acids is 2. The maximum absolute atomic E-state index is 12.8. The summed E-state index contributed by atoms with van der Waals surface area (Å²) in [6, 6.07) is 15.7. The number of hydrogen-bond acceptors (Lipinski definition) is 3. The molecule has 4 rings (SSSR count). The van der Waals surface area contributed by atoms with Crippen molar-refractivity contribution in [1.82, 2.24) is 5.32 Å². The van der Waals surface area contributed by atoms with Gasteiger partial charge in [-0.3, -0.25) is 9.59 Å². The highest BCUT2D eigenvalue weighted by atomic mass is 32.2. The summed E-state index contributed by atoms with van der Waals surface area (Å²) in [6.45, 7) is 0. The lowest BCUT2D eigenvalue weighted by atomic mass is 10.1. The molecule has 0 saturated heterocycles. The third-order valence-electron chi connectivity index (χ3n) is 5.11. The van der Waals surface area contributed by atoms with E-state index in [9.17, 15) is 9.59 Å². The van der Waals surface area contributed by atoms with Crippen molar-refractivity contribution in [3.63, 3.8) is 0 Å². The van der Waals surface area contributed by atoms with Crippen molar-refractivity contribution < 1.29 is 9.59 Å². The number of anilines is 1. The lowest BCUT2D eigenvalue weighted by molar-refractivity contribution is -0.114. The number of hydrogen-bond donors (Lipinski definition) is 1. The molecule has 27 heavy (non-hydrogen) atoms. The third-order valence-corrected chi connectivity index (χ3v) is 6.18. The van der Waals surface area contributed by atoms with Crippen molar-refractivity contribution in [3.8, 4) is 0 Å². The van der Waals surface area contributed by atoms with Crippen molar-refractivity contribution >= 4 is 35.3 Å². The van der Waals surface area contributed by atoms with Crippen LogP contribution in [0.5, 0.6) is 0 Å². The van der Waals surface area contributed by atoms with Crippen molar-refractivity contribution in [2.75, 3.05) is 11.9 Å². The predicted octanol–water partition coefficient (Wildman–Crippen LogP) is 4.47. The molecule has 1 saturated carbocycles. The van der Waals surface area contributed by atoms with E-state index in [2.05, 4.69) is 5.32 Å². The Labute approximate surface area is 163 Å². The molecule has 0 aromatic heterocycles. The van der Waals surface area contributed by atoms with Crippen LogP contribution in [-0.2, 0) is 4.79 Å². The average molecular weight is 378 g/mol. The summed E-state index contributed by atoms with van der Waals surface area (Å²) >= 11 is 1.46. The molecule has 0 bridgehead atoms. The van der Waals surface area contributed by atoms with E-state index in [1.807, 2.05) is 54.6 Å². The molecule has 1 fully saturated rings. The molecule has 1 aliphatic heterocycles. The summed E-state index contributed by atoms with van der Waals surface area (Å²) in [7, 11) is 1.76. The van der Waals surface area contributed by atoms with Crippen LogP contribution >= 0.6 is 11.8 Å². The molecule has 0 atom stereocenters. The highest BCUT2D eigenvalue weighted by Gasteiger charge is 2.27. The fourth-order valence-electron chi connectivity index (χ4n) is 3.57. The Balaban J connectivity index is 1.58. The Morgan fingerprint density at radius 1 is 1.15 bits per heavy atom. The molecular formula is C22H22N2O2S. The zero-order chi connectivity index (χ0) is 18.8. The summed E-state index contributed by atoms with van der Waals surface area (Å²) in [5, 5.41) is 3.11. The standard InChI is InChI=1S/C22H22N2O2S/c1-24-18-14-16(21(25)23-17-9-5-6-10-17)11-12-19(18)27-20(22(24)26)13-15-7-3-2-4-8-15/h2-4,7-8,11-14,17H,5-6,9-10H2,1H3,(H,23,25)/b20-13+. The van der Waals surface area contributed by atoms with Gasteiger partial charge in [0.15, 0.2) is 0 Å². The van der Waals surface area contributed by atoms with Gasteiger partial charge < -0.3 is 10.2 Å². The number of likely N-dealkylation sites (N-methyl/N-ethyl adjacent to an activating group) is 1. The molecule has 1 N–H and O–H groups in total. The van der Waals surface area contributed by atoms with Crippen LogP contribution in [0.25, 0.3) is 6.08 Å². The fourth-order valence-corrected chi connectivity index (χ4v) is 4.67. The SMILES string of the molecule is CN1C(=O)/C(=C\c2ccccc2)Sc2ccc(C(=O)NC3CCCC3)cc21. The van der Waals surface area contributed by atoms with E-state index in [0.29, 0.717) is 10.5 Å². The average Bonchev–Trinajstić information content (AvgIpc) is 3.19. The van der Waals surface area contributed by atoms with Crippen LogP contribution < -0.4 is 10.2 Å². The Hall–Kier alpha value is -2.53. The van der Waals surface area contributed by atoms with Gasteiger partial charge in [0.05, 0.1) is 10.6 Å². The molecule has 138 valence electrons. The molecule has 2 amide bonds. The Bertz CT molecular complexity index is 902. The smallest absolute Gasteiger partial charge is 0.264 e. The second kappa shape index (κ2) is 7.61. The maximum atomic E-state index is 12.8. The van der Waals surface area contributed by atoms with Crippen molar-refractivity contribution in [3.05, 3.63) is 64.6 Å². The van der Waals surface area contributed by atoms with Gasteiger partial charge >= 0.3 is 0 Å². The van der Waals surface area contributed by atoms with Crippen LogP contribution in [0.4, 0.5) is 5.69 Å². The highest BCUT2D eigenvalue weighted by Crippen LogP contribution is 2.42. The summed E-state index contributed by atoms with van der Waals surface area (Å²) < 4.78 is 0. The number of nitrogens with zero attached hydrogens (tertiary/aromatic N) is 1. The van der Waals surface area contributed by atoms with Gasteiger partial charge in [0.25, 0.3) is 11.8 Å². The van der Waals surface area contributed by atoms with Crippen molar-refractivity contribution in [2.24, 2.45) is 0 Å². The molecule has 5 heteroatoms. The number of rotatable bonds is 3. The lowest BCUT2D eigenvalue weighted by Crippen LogP contribution is -2.33. The number of carbonyl (C=O) groups is 2. The van der Waals surface area contributed by atoms with Gasteiger partial charge in [-0.05, 0) is 42.7 Å². The minimum absolute atomic E-state index is 0.0512. The molecule has 0 spiro atoms. The fraction of sp³-hybridized carbons (Fsp3) is 0.273. The molecular weight excluding hydrogens is 356 g/mol. The number of thioether (sulfide) groups is 1. The molecule has 0 radical (unpaired) electrons. The number of benzene rings is 2. The first kappa shape index (κ1) is 17.9. The third kappa shape index (κ3) is 3.78. The molecule has 2 aromatic carbocycles. The Kier molecular flexibility index (Phi) is 5.03. The quantitative estimate of drug-likeness (QED) is 0.802. The summed E-state index contributed by atoms with van der Waals surface area (Å²) in [5.41, 5.74) is 2.39. The zero-order valence-corrected chi connectivity index (χ0v) is 16.1. The van der Waals surface area contributed by atoms with Crippen LogP contribution in [-0.4, -0.2) is 24.9 Å². The van der Waals surface area contributed by atoms with E-state index in [0.717, 1.165) is 29.0 Å². The molecule has 2 aliphatic rings. The molecule has 1 aliphatic carbocycles. The maximum Gasteiger partial charge on any atom is 0.264 e. The first-order chi connectivity index (χ1) is 13.1. The van der Waals surface area contributed by atoms with Gasteiger partial charge in [0.1, 0.15) is 0 Å². The molecule has 2 aromatic rings. The van der Waals surface area contributed by atoms with Crippen molar-refractivity contribution in [1.29, 1.82) is 0 Å². The van der Waals surface area contributed by atoms with Crippen LogP contribution in [0.15, 0.2) is 58.3 Å². The van der Waals surface area contributed by atoms with Crippen LogP contribution in [0.2, 0.25) is 0 Å². The van der Waals surface area contributed by atoms with Crippen LogP contribution in [0.3, 0.4) is 0 Å². The molecule has 0 unspecified atom stereocenters. The first-order valence-electron chi connectivity index (χ1n) is 9.29. The van der Waals surface area contributed by atoms with Crippen LogP contribution in [0, 0.1) is 0 Å². The normalized spacial score (nSPS) is 18.6. The Morgan fingerprint density at radius 2 is 1.89 bits per heavy atom. The minimum atomic E-state index is -0.0545. The number of nitrogens with one attached hydrogen (secondary N) is 1. The largest absolute Gasteiger partial charge is 0.349 e. The van der Waals surface area contributed by atoms with E-state index in [4.69, 9.17) is 0 Å². The van der Waals surface area contributed by atoms with E-state index < -0.39 is 0 Å². The van der Waals surface area contributed by atoms with Crippen LogP contribution in [0.1, 0.15) is 41.6 Å². The van der Waals surface area contributed by atoms with Gasteiger partial charge in [-0.25, -0.2) is 0 Å². The van der Waals surface area contributed by atoms with Gasteiger partial charge in [-0.1, -0.05) is 54.9 Å². The number of amides is 2. The topological polar surface area (TPSA) is 49.4 Å². The van der Waals surface area contributed by atoms with Gasteiger partial charge in [0.2, 0.25) is 0 Å². The molecule has 4 nitrogen and oxygen atoms in total. The Morgan fingerprint density at radius 3 is 2.63 bits per heavy atom. The lowest BCUT2D eigenvalue weighted by Gasteiger charge is -2.27. The van der Waals surface area contributed by atoms with E-state index in [-0.39, 0.29) is 17.9 Å². The first-order valence-corrected chi connectivity index (χ1v) is 10.1. The summed E-state index contributed by atoms with van der Waals surface area (Å²) in [4.78, 5) is 28.6. The second-order valence-electron chi connectivity index (χ2n) is 7.02. The predicted molar refractivity (Wildman–Crippen MR) is 110 cm³/mol.